The number of nitrogens with zero attached hydrogens (tertiary/aromatic N) is 2. The van der Waals surface area contributed by atoms with E-state index < -0.39 is 0 Å². The lowest BCUT2D eigenvalue weighted by Gasteiger charge is -2.01. The van der Waals surface area contributed by atoms with E-state index in [2.05, 4.69) is 21.0 Å². The standard InChI is InChI=1S/C7H11BrN2O2/c8-7-5-9-10(6-7)1-3-12-4-2-11/h5-6,11H,1-4H2. The minimum atomic E-state index is 0.0722. The molecule has 1 rings (SSSR count). The van der Waals surface area contributed by atoms with Crippen LogP contribution in [0.4, 0.5) is 0 Å². The van der Waals surface area contributed by atoms with Crippen molar-refractivity contribution in [2.45, 2.75) is 6.54 Å². The van der Waals surface area contributed by atoms with E-state index in [1.54, 1.807) is 10.9 Å². The number of ether oxygens (including phenoxy) is 1. The van der Waals surface area contributed by atoms with Gasteiger partial charge >= 0.3 is 0 Å². The van der Waals surface area contributed by atoms with Crippen molar-refractivity contribution in [1.82, 2.24) is 9.78 Å². The average Bonchev–Trinajstić information content (AvgIpc) is 2.45. The minimum Gasteiger partial charge on any atom is -0.394 e. The van der Waals surface area contributed by atoms with E-state index in [0.717, 1.165) is 4.47 Å². The number of halogens is 1. The van der Waals surface area contributed by atoms with E-state index in [-0.39, 0.29) is 6.61 Å². The summed E-state index contributed by atoms with van der Waals surface area (Å²) in [6, 6.07) is 0. The summed E-state index contributed by atoms with van der Waals surface area (Å²) >= 11 is 3.29. The Morgan fingerprint density at radius 3 is 3.00 bits per heavy atom. The van der Waals surface area contributed by atoms with Crippen LogP contribution in [0.5, 0.6) is 0 Å². The first-order valence-electron chi connectivity index (χ1n) is 3.69. The van der Waals surface area contributed by atoms with Gasteiger partial charge in [0.15, 0.2) is 0 Å². The number of aliphatic hydroxyl groups excluding tert-OH is 1. The molecular weight excluding hydrogens is 224 g/mol. The lowest BCUT2D eigenvalue weighted by molar-refractivity contribution is 0.0854. The summed E-state index contributed by atoms with van der Waals surface area (Å²) in [6.45, 7) is 1.76. The Morgan fingerprint density at radius 2 is 2.42 bits per heavy atom. The van der Waals surface area contributed by atoms with Gasteiger partial charge in [0, 0.05) is 6.20 Å². The van der Waals surface area contributed by atoms with Crippen LogP contribution in [0.15, 0.2) is 16.9 Å². The van der Waals surface area contributed by atoms with Gasteiger partial charge in [0.05, 0.1) is 37.0 Å². The van der Waals surface area contributed by atoms with Crippen molar-refractivity contribution >= 4 is 15.9 Å². The molecule has 1 aromatic heterocycles. The molecule has 0 fully saturated rings. The van der Waals surface area contributed by atoms with E-state index in [1.165, 1.54) is 0 Å². The number of aliphatic hydroxyl groups is 1. The highest BCUT2D eigenvalue weighted by molar-refractivity contribution is 9.10. The number of hydrogen-bond acceptors (Lipinski definition) is 3. The van der Waals surface area contributed by atoms with Crippen molar-refractivity contribution in [3.8, 4) is 0 Å². The molecule has 0 aliphatic rings. The monoisotopic (exact) mass is 234 g/mol. The molecule has 0 atom stereocenters. The molecule has 0 unspecified atom stereocenters. The van der Waals surface area contributed by atoms with Gasteiger partial charge in [-0.2, -0.15) is 5.10 Å². The molecule has 68 valence electrons. The fourth-order valence-corrected chi connectivity index (χ4v) is 1.11. The molecule has 0 saturated carbocycles. The van der Waals surface area contributed by atoms with Crippen molar-refractivity contribution in [2.75, 3.05) is 19.8 Å². The molecule has 4 nitrogen and oxygen atoms in total. The Morgan fingerprint density at radius 1 is 1.58 bits per heavy atom. The third kappa shape index (κ3) is 3.34. The Balaban J connectivity index is 2.15. The molecule has 12 heavy (non-hydrogen) atoms. The van der Waals surface area contributed by atoms with E-state index >= 15 is 0 Å². The van der Waals surface area contributed by atoms with Crippen molar-refractivity contribution in [1.29, 1.82) is 0 Å². The van der Waals surface area contributed by atoms with Crippen LogP contribution >= 0.6 is 15.9 Å². The predicted molar refractivity (Wildman–Crippen MR) is 47.8 cm³/mol. The molecule has 0 aliphatic heterocycles. The maximum absolute atomic E-state index is 8.41. The first-order chi connectivity index (χ1) is 5.83. The summed E-state index contributed by atoms with van der Waals surface area (Å²) in [5, 5.41) is 12.5. The molecule has 0 amide bonds. The van der Waals surface area contributed by atoms with E-state index in [4.69, 9.17) is 9.84 Å². The van der Waals surface area contributed by atoms with Gasteiger partial charge in [-0.3, -0.25) is 4.68 Å². The summed E-state index contributed by atoms with van der Waals surface area (Å²) in [5.41, 5.74) is 0. The highest BCUT2D eigenvalue weighted by Gasteiger charge is 1.93. The van der Waals surface area contributed by atoms with Crippen molar-refractivity contribution in [3.63, 3.8) is 0 Å². The maximum Gasteiger partial charge on any atom is 0.0698 e. The molecule has 0 spiro atoms. The Labute approximate surface area is 79.3 Å². The lowest BCUT2D eigenvalue weighted by Crippen LogP contribution is -2.08. The van der Waals surface area contributed by atoms with Crippen LogP contribution in [0, 0.1) is 0 Å². The zero-order valence-electron chi connectivity index (χ0n) is 6.61. The van der Waals surface area contributed by atoms with Crippen LogP contribution in [0.3, 0.4) is 0 Å². The molecule has 0 aromatic carbocycles. The molecule has 5 heteroatoms. The van der Waals surface area contributed by atoms with Gasteiger partial charge < -0.3 is 9.84 Å². The smallest absolute Gasteiger partial charge is 0.0698 e. The molecule has 0 radical (unpaired) electrons. The highest BCUT2D eigenvalue weighted by atomic mass is 79.9. The zero-order valence-corrected chi connectivity index (χ0v) is 8.20. The van der Waals surface area contributed by atoms with Crippen LogP contribution in [0.1, 0.15) is 0 Å². The van der Waals surface area contributed by atoms with Gasteiger partial charge in [-0.05, 0) is 15.9 Å². The van der Waals surface area contributed by atoms with Crippen molar-refractivity contribution < 1.29 is 9.84 Å². The SMILES string of the molecule is OCCOCCn1cc(Br)cn1. The van der Waals surface area contributed by atoms with Crippen LogP contribution in [0.25, 0.3) is 0 Å². The summed E-state index contributed by atoms with van der Waals surface area (Å²) in [6.07, 6.45) is 3.61. The molecule has 1 N–H and O–H groups in total. The summed E-state index contributed by atoms with van der Waals surface area (Å²) in [4.78, 5) is 0. The number of aromatic nitrogens is 2. The van der Waals surface area contributed by atoms with Gasteiger partial charge in [0.2, 0.25) is 0 Å². The second-order valence-corrected chi connectivity index (χ2v) is 3.17. The second kappa shape index (κ2) is 5.29. The molecule has 0 aliphatic carbocycles. The Hall–Kier alpha value is -0.390. The topological polar surface area (TPSA) is 47.3 Å². The summed E-state index contributed by atoms with van der Waals surface area (Å²) in [5.74, 6) is 0. The average molecular weight is 235 g/mol. The van der Waals surface area contributed by atoms with Crippen molar-refractivity contribution in [3.05, 3.63) is 16.9 Å². The normalized spacial score (nSPS) is 10.5. The van der Waals surface area contributed by atoms with Crippen LogP contribution < -0.4 is 0 Å². The second-order valence-electron chi connectivity index (χ2n) is 2.26. The molecule has 1 heterocycles. The predicted octanol–water partition coefficient (Wildman–Crippen LogP) is 0.654. The molecule has 0 bridgehead atoms. The summed E-state index contributed by atoms with van der Waals surface area (Å²) in [7, 11) is 0. The van der Waals surface area contributed by atoms with Crippen LogP contribution in [-0.2, 0) is 11.3 Å². The fourth-order valence-electron chi connectivity index (χ4n) is 0.785. The van der Waals surface area contributed by atoms with Gasteiger partial charge in [-0.25, -0.2) is 0 Å². The molecule has 1 aromatic rings. The van der Waals surface area contributed by atoms with Gasteiger partial charge in [0.1, 0.15) is 0 Å². The van der Waals surface area contributed by atoms with E-state index in [0.29, 0.717) is 19.8 Å². The van der Waals surface area contributed by atoms with E-state index in [9.17, 15) is 0 Å². The lowest BCUT2D eigenvalue weighted by atomic mass is 10.6. The van der Waals surface area contributed by atoms with Crippen LogP contribution in [-0.4, -0.2) is 34.7 Å². The first-order valence-corrected chi connectivity index (χ1v) is 4.49. The number of hydrogen-bond donors (Lipinski definition) is 1. The quantitative estimate of drug-likeness (QED) is 0.762. The third-order valence-corrected chi connectivity index (χ3v) is 1.71. The molecular formula is C7H11BrN2O2. The minimum absolute atomic E-state index is 0.0722. The largest absolute Gasteiger partial charge is 0.394 e. The third-order valence-electron chi connectivity index (χ3n) is 1.30. The summed E-state index contributed by atoms with van der Waals surface area (Å²) < 4.78 is 7.81. The number of rotatable bonds is 5. The van der Waals surface area contributed by atoms with Gasteiger partial charge in [0.25, 0.3) is 0 Å². The highest BCUT2D eigenvalue weighted by Crippen LogP contribution is 2.05. The zero-order chi connectivity index (χ0) is 8.81. The van der Waals surface area contributed by atoms with Crippen LogP contribution in [0.2, 0.25) is 0 Å². The Bertz CT molecular complexity index is 227. The Kier molecular flexibility index (Phi) is 4.27. The molecule has 0 saturated heterocycles. The maximum atomic E-state index is 8.41. The first kappa shape index (κ1) is 9.70. The van der Waals surface area contributed by atoms with E-state index in [1.807, 2.05) is 6.20 Å². The van der Waals surface area contributed by atoms with Gasteiger partial charge in [-0.1, -0.05) is 0 Å². The fraction of sp³-hybridized carbons (Fsp3) is 0.571. The van der Waals surface area contributed by atoms with Gasteiger partial charge in [-0.15, -0.1) is 0 Å². The van der Waals surface area contributed by atoms with Crippen molar-refractivity contribution in [2.24, 2.45) is 0 Å².